The van der Waals surface area contributed by atoms with E-state index in [2.05, 4.69) is 10.6 Å². The number of carbonyl (C=O) groups is 3. The summed E-state index contributed by atoms with van der Waals surface area (Å²) in [7, 11) is 1.68. The highest BCUT2D eigenvalue weighted by Gasteiger charge is 2.31. The summed E-state index contributed by atoms with van der Waals surface area (Å²) in [5.74, 6) is -3.08. The van der Waals surface area contributed by atoms with Gasteiger partial charge in [-0.15, -0.1) is 0 Å². The molecule has 2 aromatic rings. The molecule has 0 bridgehead atoms. The second-order valence-electron chi connectivity index (χ2n) is 7.70. The van der Waals surface area contributed by atoms with Crippen molar-refractivity contribution >= 4 is 28.7 Å². The standard InChI is InChI=1S/C21H28FN3O4/c1-6-12(4)18(21(28)29)24-20(27)17(11(2)3)23-19(26)16-10-13-9-14(22)7-8-15(13)25(16)5/h7-12,17-18H,6H2,1-5H3,(H,23,26)(H,24,27)(H,28,29). The van der Waals surface area contributed by atoms with E-state index in [-0.39, 0.29) is 17.5 Å². The summed E-state index contributed by atoms with van der Waals surface area (Å²) in [6, 6.07) is 3.84. The van der Waals surface area contributed by atoms with E-state index in [1.165, 1.54) is 12.1 Å². The summed E-state index contributed by atoms with van der Waals surface area (Å²) in [5, 5.41) is 15.2. The Labute approximate surface area is 169 Å². The second kappa shape index (κ2) is 9.07. The molecule has 3 atom stereocenters. The molecule has 1 aromatic carbocycles. The van der Waals surface area contributed by atoms with Crippen molar-refractivity contribution in [1.29, 1.82) is 0 Å². The third kappa shape index (κ3) is 4.93. The number of nitrogens with one attached hydrogen (secondary N) is 2. The first-order valence-electron chi connectivity index (χ1n) is 9.65. The number of carboxylic acids is 1. The number of aryl methyl sites for hydroxylation is 1. The number of nitrogens with zero attached hydrogens (tertiary/aromatic N) is 1. The molecule has 2 amide bonds. The van der Waals surface area contributed by atoms with Crippen molar-refractivity contribution in [2.45, 2.75) is 46.2 Å². The summed E-state index contributed by atoms with van der Waals surface area (Å²) in [4.78, 5) is 37.1. The van der Waals surface area contributed by atoms with Crippen molar-refractivity contribution in [3.05, 3.63) is 35.8 Å². The average molecular weight is 405 g/mol. The van der Waals surface area contributed by atoms with Crippen LogP contribution in [0.5, 0.6) is 0 Å². The molecular weight excluding hydrogens is 377 g/mol. The Bertz CT molecular complexity index is 922. The molecule has 3 N–H and O–H groups in total. The molecular formula is C21H28FN3O4. The highest BCUT2D eigenvalue weighted by molar-refractivity contribution is 6.01. The largest absolute Gasteiger partial charge is 0.480 e. The van der Waals surface area contributed by atoms with Crippen LogP contribution in [0.1, 0.15) is 44.6 Å². The molecule has 0 aliphatic heterocycles. The van der Waals surface area contributed by atoms with Crippen molar-refractivity contribution in [3.8, 4) is 0 Å². The van der Waals surface area contributed by atoms with Crippen LogP contribution in [-0.2, 0) is 16.6 Å². The minimum Gasteiger partial charge on any atom is -0.480 e. The van der Waals surface area contributed by atoms with Crippen molar-refractivity contribution in [2.75, 3.05) is 0 Å². The normalized spacial score (nSPS) is 14.4. The molecule has 2 rings (SSSR count). The lowest BCUT2D eigenvalue weighted by atomic mass is 9.97. The zero-order valence-corrected chi connectivity index (χ0v) is 17.3. The number of halogens is 1. The lowest BCUT2D eigenvalue weighted by Crippen LogP contribution is -2.55. The van der Waals surface area contributed by atoms with E-state index in [1.807, 2.05) is 6.92 Å². The molecule has 1 aromatic heterocycles. The van der Waals surface area contributed by atoms with Gasteiger partial charge in [0, 0.05) is 18.0 Å². The van der Waals surface area contributed by atoms with Gasteiger partial charge in [0.25, 0.3) is 5.91 Å². The van der Waals surface area contributed by atoms with Crippen LogP contribution in [0.25, 0.3) is 10.9 Å². The van der Waals surface area contributed by atoms with Crippen molar-refractivity contribution < 1.29 is 23.9 Å². The zero-order valence-electron chi connectivity index (χ0n) is 17.3. The smallest absolute Gasteiger partial charge is 0.326 e. The van der Waals surface area contributed by atoms with Gasteiger partial charge in [0.2, 0.25) is 5.91 Å². The van der Waals surface area contributed by atoms with Gasteiger partial charge in [-0.2, -0.15) is 0 Å². The molecule has 0 radical (unpaired) electrons. The molecule has 29 heavy (non-hydrogen) atoms. The predicted molar refractivity (Wildman–Crippen MR) is 108 cm³/mol. The van der Waals surface area contributed by atoms with Crippen molar-refractivity contribution in [1.82, 2.24) is 15.2 Å². The lowest BCUT2D eigenvalue weighted by Gasteiger charge is -2.26. The number of fused-ring (bicyclic) bond motifs is 1. The fraction of sp³-hybridized carbons (Fsp3) is 0.476. The maximum absolute atomic E-state index is 13.5. The average Bonchev–Trinajstić information content (AvgIpc) is 2.98. The van der Waals surface area contributed by atoms with E-state index in [1.54, 1.807) is 44.5 Å². The summed E-state index contributed by atoms with van der Waals surface area (Å²) >= 11 is 0. The Kier molecular flexibility index (Phi) is 7.00. The molecule has 1 heterocycles. The quantitative estimate of drug-likeness (QED) is 0.629. The molecule has 0 fully saturated rings. The lowest BCUT2D eigenvalue weighted by molar-refractivity contribution is -0.143. The van der Waals surface area contributed by atoms with E-state index >= 15 is 0 Å². The fourth-order valence-electron chi connectivity index (χ4n) is 3.21. The van der Waals surface area contributed by atoms with Gasteiger partial charge in [0.1, 0.15) is 23.6 Å². The van der Waals surface area contributed by atoms with Gasteiger partial charge < -0.3 is 20.3 Å². The number of hydrogen-bond acceptors (Lipinski definition) is 3. The Morgan fingerprint density at radius 3 is 2.31 bits per heavy atom. The van der Waals surface area contributed by atoms with Crippen LogP contribution in [0, 0.1) is 17.7 Å². The second-order valence-corrected chi connectivity index (χ2v) is 7.70. The van der Waals surface area contributed by atoms with Gasteiger partial charge in [0.15, 0.2) is 0 Å². The summed E-state index contributed by atoms with van der Waals surface area (Å²) in [6.07, 6.45) is 0.586. The van der Waals surface area contributed by atoms with Crippen LogP contribution in [-0.4, -0.2) is 39.5 Å². The van der Waals surface area contributed by atoms with E-state index in [4.69, 9.17) is 0 Å². The zero-order chi connectivity index (χ0) is 21.9. The number of hydrogen-bond donors (Lipinski definition) is 3. The molecule has 7 nitrogen and oxygen atoms in total. The molecule has 0 aliphatic rings. The van der Waals surface area contributed by atoms with E-state index in [0.717, 1.165) is 0 Å². The Hall–Kier alpha value is -2.90. The Morgan fingerprint density at radius 1 is 1.10 bits per heavy atom. The van der Waals surface area contributed by atoms with E-state index in [9.17, 15) is 23.9 Å². The highest BCUT2D eigenvalue weighted by atomic mass is 19.1. The van der Waals surface area contributed by atoms with Crippen LogP contribution >= 0.6 is 0 Å². The van der Waals surface area contributed by atoms with Crippen LogP contribution in [0.4, 0.5) is 4.39 Å². The first-order chi connectivity index (χ1) is 13.6. The monoisotopic (exact) mass is 405 g/mol. The van der Waals surface area contributed by atoms with Crippen LogP contribution in [0.2, 0.25) is 0 Å². The number of carboxylic acid groups (broad SMARTS) is 1. The van der Waals surface area contributed by atoms with Gasteiger partial charge in [-0.05, 0) is 36.1 Å². The topological polar surface area (TPSA) is 100 Å². The van der Waals surface area contributed by atoms with Gasteiger partial charge in [-0.25, -0.2) is 9.18 Å². The van der Waals surface area contributed by atoms with E-state index in [0.29, 0.717) is 17.3 Å². The minimum absolute atomic E-state index is 0.256. The molecule has 0 saturated carbocycles. The molecule has 8 heteroatoms. The van der Waals surface area contributed by atoms with Gasteiger partial charge in [0.05, 0.1) is 0 Å². The third-order valence-electron chi connectivity index (χ3n) is 5.25. The number of amides is 2. The van der Waals surface area contributed by atoms with Gasteiger partial charge >= 0.3 is 5.97 Å². The molecule has 0 aliphatic carbocycles. The fourth-order valence-corrected chi connectivity index (χ4v) is 3.21. The van der Waals surface area contributed by atoms with Crippen LogP contribution in [0.15, 0.2) is 24.3 Å². The van der Waals surface area contributed by atoms with Crippen LogP contribution in [0.3, 0.4) is 0 Å². The molecule has 158 valence electrons. The molecule has 3 unspecified atom stereocenters. The number of aromatic nitrogens is 1. The van der Waals surface area contributed by atoms with Crippen LogP contribution < -0.4 is 10.6 Å². The number of rotatable bonds is 8. The van der Waals surface area contributed by atoms with Crippen molar-refractivity contribution in [2.24, 2.45) is 18.9 Å². The highest BCUT2D eigenvalue weighted by Crippen LogP contribution is 2.20. The van der Waals surface area contributed by atoms with Gasteiger partial charge in [-0.1, -0.05) is 34.1 Å². The maximum Gasteiger partial charge on any atom is 0.326 e. The first kappa shape index (κ1) is 22.4. The summed E-state index contributed by atoms with van der Waals surface area (Å²) in [5.41, 5.74) is 0.963. The van der Waals surface area contributed by atoms with Gasteiger partial charge in [-0.3, -0.25) is 9.59 Å². The molecule has 0 saturated heterocycles. The van der Waals surface area contributed by atoms with Crippen molar-refractivity contribution in [3.63, 3.8) is 0 Å². The maximum atomic E-state index is 13.5. The number of aliphatic carboxylic acids is 1. The Balaban J connectivity index is 2.24. The first-order valence-corrected chi connectivity index (χ1v) is 9.65. The Morgan fingerprint density at radius 2 is 1.76 bits per heavy atom. The van der Waals surface area contributed by atoms with E-state index < -0.39 is 35.7 Å². The summed E-state index contributed by atoms with van der Waals surface area (Å²) < 4.78 is 15.1. The number of carbonyl (C=O) groups excluding carboxylic acids is 2. The predicted octanol–water partition coefficient (Wildman–Crippen LogP) is 2.69. The number of benzene rings is 1. The minimum atomic E-state index is -1.11. The summed E-state index contributed by atoms with van der Waals surface area (Å²) in [6.45, 7) is 7.12. The third-order valence-corrected chi connectivity index (χ3v) is 5.25. The SMILES string of the molecule is CCC(C)C(NC(=O)C(NC(=O)c1cc2cc(F)ccc2n1C)C(C)C)C(=O)O. The molecule has 0 spiro atoms.